The molecule has 5 heteroatoms. The summed E-state index contributed by atoms with van der Waals surface area (Å²) in [6.45, 7) is 5.57. The zero-order valence-electron chi connectivity index (χ0n) is 9.48. The highest BCUT2D eigenvalue weighted by Crippen LogP contribution is 2.31. The predicted molar refractivity (Wildman–Crippen MR) is 69.7 cm³/mol. The molecule has 0 amide bonds. The first kappa shape index (κ1) is 13.7. The molecule has 1 aromatic rings. The zero-order valence-corrected chi connectivity index (χ0v) is 11.0. The van der Waals surface area contributed by atoms with Crippen molar-refractivity contribution in [1.82, 2.24) is 10.7 Å². The lowest BCUT2D eigenvalue weighted by molar-refractivity contribution is 0.455. The summed E-state index contributed by atoms with van der Waals surface area (Å²) in [6.07, 6.45) is 0. The molecule has 1 rings (SSSR count). The lowest BCUT2D eigenvalue weighted by Gasteiger charge is -2.26. The Hall–Kier alpha value is -0.320. The van der Waals surface area contributed by atoms with Gasteiger partial charge in [-0.2, -0.15) is 0 Å². The van der Waals surface area contributed by atoms with Crippen molar-refractivity contribution in [2.75, 3.05) is 13.2 Å². The standard InChI is InChI=1S/C11H17Cl2N3/c1-11(2,6-15-7-16-14)9-4-3-8(12)5-10(9)13/h3-5,15-16H,6-7,14H2,1-2H3. The summed E-state index contributed by atoms with van der Waals surface area (Å²) in [5.41, 5.74) is 3.55. The number of hydrogen-bond acceptors (Lipinski definition) is 3. The van der Waals surface area contributed by atoms with Crippen LogP contribution >= 0.6 is 23.2 Å². The normalized spacial score (nSPS) is 11.8. The highest BCUT2D eigenvalue weighted by molar-refractivity contribution is 6.35. The summed E-state index contributed by atoms with van der Waals surface area (Å²) in [4.78, 5) is 0. The van der Waals surface area contributed by atoms with Gasteiger partial charge in [-0.05, 0) is 17.7 Å². The minimum absolute atomic E-state index is 0.0709. The lowest BCUT2D eigenvalue weighted by Crippen LogP contribution is -2.40. The number of rotatable bonds is 5. The number of nitrogens with one attached hydrogen (secondary N) is 2. The van der Waals surface area contributed by atoms with Crippen LogP contribution in [-0.2, 0) is 5.41 Å². The highest BCUT2D eigenvalue weighted by Gasteiger charge is 2.22. The van der Waals surface area contributed by atoms with Gasteiger partial charge in [-0.15, -0.1) is 0 Å². The van der Waals surface area contributed by atoms with Crippen LogP contribution in [0.5, 0.6) is 0 Å². The van der Waals surface area contributed by atoms with Crippen LogP contribution in [0.3, 0.4) is 0 Å². The molecule has 0 saturated carbocycles. The maximum absolute atomic E-state index is 6.17. The summed E-state index contributed by atoms with van der Waals surface area (Å²) in [5, 5.41) is 4.54. The van der Waals surface area contributed by atoms with Crippen molar-refractivity contribution in [1.29, 1.82) is 0 Å². The van der Waals surface area contributed by atoms with Crippen molar-refractivity contribution in [3.8, 4) is 0 Å². The van der Waals surface area contributed by atoms with Gasteiger partial charge in [0.25, 0.3) is 0 Å². The summed E-state index contributed by atoms with van der Waals surface area (Å²) < 4.78 is 0. The molecule has 0 heterocycles. The van der Waals surface area contributed by atoms with Gasteiger partial charge in [0.15, 0.2) is 0 Å². The summed E-state index contributed by atoms with van der Waals surface area (Å²) in [5.74, 6) is 5.19. The van der Waals surface area contributed by atoms with Gasteiger partial charge < -0.3 is 5.32 Å². The van der Waals surface area contributed by atoms with E-state index in [-0.39, 0.29) is 5.41 Å². The molecular formula is C11H17Cl2N3. The van der Waals surface area contributed by atoms with Crippen LogP contribution in [0.25, 0.3) is 0 Å². The Balaban J connectivity index is 2.80. The highest BCUT2D eigenvalue weighted by atomic mass is 35.5. The third-order valence-electron chi connectivity index (χ3n) is 2.45. The molecule has 0 spiro atoms. The van der Waals surface area contributed by atoms with Crippen LogP contribution in [0.4, 0.5) is 0 Å². The Bertz CT molecular complexity index is 353. The van der Waals surface area contributed by atoms with Crippen LogP contribution in [0, 0.1) is 0 Å². The molecule has 0 fully saturated rings. The van der Waals surface area contributed by atoms with Crippen LogP contribution in [0.2, 0.25) is 10.0 Å². The molecule has 1 aromatic carbocycles. The molecular weight excluding hydrogens is 245 g/mol. The minimum Gasteiger partial charge on any atom is -0.303 e. The fourth-order valence-corrected chi connectivity index (χ4v) is 2.25. The topological polar surface area (TPSA) is 50.1 Å². The average molecular weight is 262 g/mol. The van der Waals surface area contributed by atoms with E-state index in [9.17, 15) is 0 Å². The first-order valence-corrected chi connectivity index (χ1v) is 5.82. The van der Waals surface area contributed by atoms with Gasteiger partial charge in [-0.3, -0.25) is 5.84 Å². The van der Waals surface area contributed by atoms with Gasteiger partial charge >= 0.3 is 0 Å². The molecule has 0 radical (unpaired) electrons. The Kier molecular flexibility index (Phi) is 5.02. The smallest absolute Gasteiger partial charge is 0.0587 e. The van der Waals surface area contributed by atoms with E-state index in [1.165, 1.54) is 0 Å². The number of benzene rings is 1. The third-order valence-corrected chi connectivity index (χ3v) is 3.00. The van der Waals surface area contributed by atoms with Crippen molar-refractivity contribution in [3.63, 3.8) is 0 Å². The Labute approximate surface area is 106 Å². The fraction of sp³-hybridized carbons (Fsp3) is 0.455. The second kappa shape index (κ2) is 5.84. The second-order valence-electron chi connectivity index (χ2n) is 4.32. The van der Waals surface area contributed by atoms with E-state index >= 15 is 0 Å². The lowest BCUT2D eigenvalue weighted by atomic mass is 9.84. The molecule has 0 atom stereocenters. The molecule has 90 valence electrons. The number of hydrazine groups is 1. The Morgan fingerprint density at radius 1 is 1.31 bits per heavy atom. The second-order valence-corrected chi connectivity index (χ2v) is 5.16. The van der Waals surface area contributed by atoms with E-state index < -0.39 is 0 Å². The first-order valence-electron chi connectivity index (χ1n) is 5.07. The van der Waals surface area contributed by atoms with E-state index in [0.717, 1.165) is 12.1 Å². The molecule has 0 unspecified atom stereocenters. The minimum atomic E-state index is -0.0709. The Morgan fingerprint density at radius 2 is 2.00 bits per heavy atom. The molecule has 0 aliphatic heterocycles. The Morgan fingerprint density at radius 3 is 2.56 bits per heavy atom. The van der Waals surface area contributed by atoms with Crippen LogP contribution in [-0.4, -0.2) is 13.2 Å². The molecule has 0 aliphatic carbocycles. The predicted octanol–water partition coefficient (Wildman–Crippen LogP) is 2.28. The van der Waals surface area contributed by atoms with Crippen LogP contribution in [0.15, 0.2) is 18.2 Å². The number of halogens is 2. The van der Waals surface area contributed by atoms with E-state index in [1.54, 1.807) is 6.07 Å². The van der Waals surface area contributed by atoms with E-state index in [2.05, 4.69) is 24.6 Å². The number of hydrogen-bond donors (Lipinski definition) is 3. The van der Waals surface area contributed by atoms with Gasteiger partial charge in [0.05, 0.1) is 6.67 Å². The maximum Gasteiger partial charge on any atom is 0.0587 e. The molecule has 0 bridgehead atoms. The molecule has 3 nitrogen and oxygen atoms in total. The average Bonchev–Trinajstić information content (AvgIpc) is 2.17. The molecule has 4 N–H and O–H groups in total. The van der Waals surface area contributed by atoms with Gasteiger partial charge in [-0.1, -0.05) is 43.1 Å². The molecule has 16 heavy (non-hydrogen) atoms. The third kappa shape index (κ3) is 3.61. The van der Waals surface area contributed by atoms with Crippen LogP contribution in [0.1, 0.15) is 19.4 Å². The van der Waals surface area contributed by atoms with Crippen molar-refractivity contribution in [2.45, 2.75) is 19.3 Å². The largest absolute Gasteiger partial charge is 0.303 e. The molecule has 0 aromatic heterocycles. The molecule has 0 aliphatic rings. The van der Waals surface area contributed by atoms with E-state index in [0.29, 0.717) is 16.7 Å². The first-order chi connectivity index (χ1) is 7.47. The van der Waals surface area contributed by atoms with Gasteiger partial charge in [-0.25, -0.2) is 5.43 Å². The van der Waals surface area contributed by atoms with E-state index in [4.69, 9.17) is 29.0 Å². The summed E-state index contributed by atoms with van der Waals surface area (Å²) in [6, 6.07) is 5.58. The van der Waals surface area contributed by atoms with Crippen molar-refractivity contribution < 1.29 is 0 Å². The monoisotopic (exact) mass is 261 g/mol. The maximum atomic E-state index is 6.17. The van der Waals surface area contributed by atoms with Gasteiger partial charge in [0.1, 0.15) is 0 Å². The SMILES string of the molecule is CC(C)(CNCNN)c1ccc(Cl)cc1Cl. The van der Waals surface area contributed by atoms with Gasteiger partial charge in [0.2, 0.25) is 0 Å². The fourth-order valence-electron chi connectivity index (χ4n) is 1.58. The van der Waals surface area contributed by atoms with Crippen molar-refractivity contribution >= 4 is 23.2 Å². The van der Waals surface area contributed by atoms with Crippen LogP contribution < -0.4 is 16.6 Å². The van der Waals surface area contributed by atoms with Crippen molar-refractivity contribution in [2.24, 2.45) is 5.84 Å². The summed E-state index contributed by atoms with van der Waals surface area (Å²) in [7, 11) is 0. The van der Waals surface area contributed by atoms with Gasteiger partial charge in [0, 0.05) is 22.0 Å². The molecule has 0 saturated heterocycles. The zero-order chi connectivity index (χ0) is 12.2. The summed E-state index contributed by atoms with van der Waals surface area (Å²) >= 11 is 12.0. The quantitative estimate of drug-likeness (QED) is 0.330. The van der Waals surface area contributed by atoms with Crippen molar-refractivity contribution in [3.05, 3.63) is 33.8 Å². The van der Waals surface area contributed by atoms with E-state index in [1.807, 2.05) is 12.1 Å². The number of nitrogens with two attached hydrogens (primary N) is 1.